The first kappa shape index (κ1) is 37.7. The molecule has 0 fully saturated rings. The van der Waals surface area contributed by atoms with E-state index in [4.69, 9.17) is 18.9 Å². The molecule has 0 atom stereocenters. The molecule has 0 saturated heterocycles. The van der Waals surface area contributed by atoms with Crippen LogP contribution in [0.5, 0.6) is 17.2 Å². The quantitative estimate of drug-likeness (QED) is 0.0651. The van der Waals surface area contributed by atoms with Crippen LogP contribution in [0, 0.1) is 3.57 Å². The molecule has 0 heterocycles. The number of halogens is 1. The van der Waals surface area contributed by atoms with Crippen molar-refractivity contribution in [3.05, 3.63) is 51.1 Å². The Morgan fingerprint density at radius 1 is 0.465 bits per heavy atom. The monoisotopic (exact) mass is 708 g/mol. The summed E-state index contributed by atoms with van der Waals surface area (Å²) in [5, 5.41) is 0. The highest BCUT2D eigenvalue weighted by Crippen LogP contribution is 2.40. The molecule has 0 unspecified atom stereocenters. The van der Waals surface area contributed by atoms with E-state index in [1.807, 2.05) is 0 Å². The second-order valence-electron chi connectivity index (χ2n) is 11.9. The first-order valence-electron chi connectivity index (χ1n) is 17.5. The summed E-state index contributed by atoms with van der Waals surface area (Å²) in [6.45, 7) is 9.96. The summed E-state index contributed by atoms with van der Waals surface area (Å²) in [6, 6.07) is 12.7. The lowest BCUT2D eigenvalue weighted by Crippen LogP contribution is -2.07. The molecule has 5 heteroatoms. The highest BCUT2D eigenvalue weighted by atomic mass is 127. The van der Waals surface area contributed by atoms with Crippen LogP contribution < -0.4 is 14.2 Å². The highest BCUT2D eigenvalue weighted by molar-refractivity contribution is 14.1. The minimum atomic E-state index is 0.504. The van der Waals surface area contributed by atoms with E-state index in [1.54, 1.807) is 0 Å². The molecule has 244 valence electrons. The lowest BCUT2D eigenvalue weighted by molar-refractivity contribution is 0.106. The van der Waals surface area contributed by atoms with Gasteiger partial charge in [-0.2, -0.15) is 0 Å². The Hall–Kier alpha value is -1.47. The normalized spacial score (nSPS) is 11.2. The Balaban J connectivity index is 2.09. The zero-order valence-electron chi connectivity index (χ0n) is 27.7. The van der Waals surface area contributed by atoms with Crippen LogP contribution in [0.4, 0.5) is 0 Å². The van der Waals surface area contributed by atoms with Gasteiger partial charge in [-0.05, 0) is 77.2 Å². The van der Waals surface area contributed by atoms with Crippen molar-refractivity contribution in [2.24, 2.45) is 0 Å². The maximum Gasteiger partial charge on any atom is 0.203 e. The van der Waals surface area contributed by atoms with Gasteiger partial charge in [0.05, 0.1) is 33.0 Å². The van der Waals surface area contributed by atoms with Crippen molar-refractivity contribution >= 4 is 22.6 Å². The molecule has 0 aliphatic rings. The molecule has 43 heavy (non-hydrogen) atoms. The predicted molar refractivity (Wildman–Crippen MR) is 191 cm³/mol. The number of ether oxygens (including phenoxy) is 4. The van der Waals surface area contributed by atoms with Crippen LogP contribution in [0.25, 0.3) is 0 Å². The average Bonchev–Trinajstić information content (AvgIpc) is 3.01. The van der Waals surface area contributed by atoms with E-state index in [2.05, 4.69) is 79.8 Å². The fourth-order valence-corrected chi connectivity index (χ4v) is 5.48. The molecule has 2 aromatic rings. The van der Waals surface area contributed by atoms with Gasteiger partial charge in [0.25, 0.3) is 0 Å². The van der Waals surface area contributed by atoms with Crippen LogP contribution >= 0.6 is 22.6 Å². The van der Waals surface area contributed by atoms with Crippen LogP contribution in [-0.4, -0.2) is 19.8 Å². The van der Waals surface area contributed by atoms with Gasteiger partial charge in [-0.3, -0.25) is 0 Å². The van der Waals surface area contributed by atoms with Gasteiger partial charge in [0.15, 0.2) is 11.5 Å². The molecule has 0 aromatic heterocycles. The van der Waals surface area contributed by atoms with Gasteiger partial charge in [0.1, 0.15) is 0 Å². The van der Waals surface area contributed by atoms with Crippen molar-refractivity contribution in [1.29, 1.82) is 0 Å². The van der Waals surface area contributed by atoms with Crippen molar-refractivity contribution in [3.8, 4) is 17.2 Å². The third-order valence-electron chi connectivity index (χ3n) is 7.79. The first-order valence-corrected chi connectivity index (χ1v) is 18.6. The summed E-state index contributed by atoms with van der Waals surface area (Å²) in [7, 11) is 0. The SMILES string of the molecule is CCCCCCCCOc1cc(COCc2ccc(I)cc2)cc(OCCCCCCCC)c1OCCCCCCCC. The largest absolute Gasteiger partial charge is 0.490 e. The number of benzene rings is 2. The number of unbranched alkanes of at least 4 members (excludes halogenated alkanes) is 15. The second-order valence-corrected chi connectivity index (χ2v) is 13.1. The Morgan fingerprint density at radius 2 is 0.860 bits per heavy atom. The Kier molecular flexibility index (Phi) is 22.6. The third kappa shape index (κ3) is 18.2. The molecule has 0 spiro atoms. The van der Waals surface area contributed by atoms with E-state index in [0.29, 0.717) is 33.0 Å². The molecule has 0 amide bonds. The van der Waals surface area contributed by atoms with Crippen LogP contribution in [0.15, 0.2) is 36.4 Å². The molecule has 2 rings (SSSR count). The minimum Gasteiger partial charge on any atom is -0.490 e. The summed E-state index contributed by atoms with van der Waals surface area (Å²) in [5.41, 5.74) is 2.24. The van der Waals surface area contributed by atoms with Gasteiger partial charge in [0, 0.05) is 3.57 Å². The van der Waals surface area contributed by atoms with E-state index >= 15 is 0 Å². The van der Waals surface area contributed by atoms with Crippen molar-refractivity contribution in [3.63, 3.8) is 0 Å². The summed E-state index contributed by atoms with van der Waals surface area (Å²) in [5.74, 6) is 2.37. The molecular formula is C38H61IO4. The fraction of sp³-hybridized carbons (Fsp3) is 0.684. The summed E-state index contributed by atoms with van der Waals surface area (Å²) in [4.78, 5) is 0. The molecule has 0 saturated carbocycles. The zero-order valence-corrected chi connectivity index (χ0v) is 29.9. The topological polar surface area (TPSA) is 36.9 Å². The standard InChI is InChI=1S/C38H61IO4/c1-4-7-10-13-16-19-26-41-36-29-34(32-40-31-33-22-24-35(39)25-23-33)30-37(42-27-20-17-14-11-8-5-2)38(36)43-28-21-18-15-12-9-6-3/h22-25,29-30H,4-21,26-28,31-32H2,1-3H3. The number of hydrogen-bond acceptors (Lipinski definition) is 4. The van der Waals surface area contributed by atoms with E-state index in [0.717, 1.165) is 42.1 Å². The molecule has 0 N–H and O–H groups in total. The number of rotatable bonds is 28. The Morgan fingerprint density at radius 3 is 1.33 bits per heavy atom. The lowest BCUT2D eigenvalue weighted by Gasteiger charge is -2.19. The molecule has 0 aliphatic carbocycles. The smallest absolute Gasteiger partial charge is 0.203 e. The van der Waals surface area contributed by atoms with Crippen LogP contribution in [0.3, 0.4) is 0 Å². The maximum absolute atomic E-state index is 6.44. The highest BCUT2D eigenvalue weighted by Gasteiger charge is 2.16. The van der Waals surface area contributed by atoms with Gasteiger partial charge >= 0.3 is 0 Å². The Bertz CT molecular complexity index is 891. The third-order valence-corrected chi connectivity index (χ3v) is 8.51. The van der Waals surface area contributed by atoms with Gasteiger partial charge in [-0.1, -0.05) is 129 Å². The molecule has 2 aromatic carbocycles. The molecule has 0 aliphatic heterocycles. The summed E-state index contributed by atoms with van der Waals surface area (Å²) < 4.78 is 26.7. The molecule has 0 bridgehead atoms. The van der Waals surface area contributed by atoms with E-state index in [-0.39, 0.29) is 0 Å². The zero-order chi connectivity index (χ0) is 30.8. The molecule has 0 radical (unpaired) electrons. The van der Waals surface area contributed by atoms with Crippen molar-refractivity contribution in [2.45, 2.75) is 150 Å². The summed E-state index contributed by atoms with van der Waals surface area (Å²) >= 11 is 2.34. The minimum absolute atomic E-state index is 0.504. The van der Waals surface area contributed by atoms with E-state index < -0.39 is 0 Å². The summed E-state index contributed by atoms with van der Waals surface area (Å²) in [6.07, 6.45) is 22.3. The Labute approximate surface area is 278 Å². The van der Waals surface area contributed by atoms with Crippen molar-refractivity contribution in [2.75, 3.05) is 19.8 Å². The van der Waals surface area contributed by atoms with Gasteiger partial charge in [-0.25, -0.2) is 0 Å². The van der Waals surface area contributed by atoms with Crippen LogP contribution in [-0.2, 0) is 18.0 Å². The van der Waals surface area contributed by atoms with Gasteiger partial charge in [0.2, 0.25) is 5.75 Å². The van der Waals surface area contributed by atoms with E-state index in [9.17, 15) is 0 Å². The lowest BCUT2D eigenvalue weighted by atomic mass is 10.1. The van der Waals surface area contributed by atoms with Crippen molar-refractivity contribution < 1.29 is 18.9 Å². The van der Waals surface area contributed by atoms with Gasteiger partial charge in [-0.15, -0.1) is 0 Å². The van der Waals surface area contributed by atoms with Crippen molar-refractivity contribution in [1.82, 2.24) is 0 Å². The predicted octanol–water partition coefficient (Wildman–Crippen LogP) is 12.2. The fourth-order valence-electron chi connectivity index (χ4n) is 5.12. The number of hydrogen-bond donors (Lipinski definition) is 0. The van der Waals surface area contributed by atoms with Crippen LogP contribution in [0.2, 0.25) is 0 Å². The van der Waals surface area contributed by atoms with Gasteiger partial charge < -0.3 is 18.9 Å². The van der Waals surface area contributed by atoms with E-state index in [1.165, 1.54) is 105 Å². The average molecular weight is 709 g/mol. The maximum atomic E-state index is 6.44. The molecule has 4 nitrogen and oxygen atoms in total. The second kappa shape index (κ2) is 25.8. The molecular weight excluding hydrogens is 647 g/mol. The first-order chi connectivity index (χ1) is 21.2. The van der Waals surface area contributed by atoms with Crippen LogP contribution in [0.1, 0.15) is 147 Å².